The van der Waals surface area contributed by atoms with Crippen LogP contribution in [0.15, 0.2) is 0 Å². The van der Waals surface area contributed by atoms with Crippen LogP contribution in [0.4, 0.5) is 0 Å². The second-order valence-electron chi connectivity index (χ2n) is 4.80. The maximum absolute atomic E-state index is 12.1. The van der Waals surface area contributed by atoms with Gasteiger partial charge in [0.1, 0.15) is 0 Å². The zero-order valence-corrected chi connectivity index (χ0v) is 10.8. The van der Waals surface area contributed by atoms with E-state index in [1.54, 1.807) is 0 Å². The Morgan fingerprint density at radius 2 is 1.73 bits per heavy atom. The van der Waals surface area contributed by atoms with E-state index in [2.05, 4.69) is 27.7 Å². The third kappa shape index (κ3) is 4.65. The average molecular weight is 214 g/mol. The lowest BCUT2D eigenvalue weighted by molar-refractivity contribution is -0.138. The first-order chi connectivity index (χ1) is 6.91. The van der Waals surface area contributed by atoms with Crippen LogP contribution in [0, 0.1) is 11.8 Å². The van der Waals surface area contributed by atoms with Gasteiger partial charge >= 0.3 is 0 Å². The van der Waals surface area contributed by atoms with E-state index in [0.29, 0.717) is 12.5 Å². The van der Waals surface area contributed by atoms with Gasteiger partial charge in [-0.05, 0) is 32.7 Å². The predicted octanol–water partition coefficient (Wildman–Crippen LogP) is 1.86. The quantitative estimate of drug-likeness (QED) is 0.733. The predicted molar refractivity (Wildman–Crippen MR) is 64.5 cm³/mol. The van der Waals surface area contributed by atoms with Gasteiger partial charge in [-0.15, -0.1) is 0 Å². The molecule has 0 aliphatic heterocycles. The molecule has 1 unspecified atom stereocenters. The molecule has 0 saturated carbocycles. The van der Waals surface area contributed by atoms with E-state index in [1.807, 2.05) is 11.8 Å². The van der Waals surface area contributed by atoms with E-state index in [4.69, 9.17) is 5.73 Å². The van der Waals surface area contributed by atoms with Crippen molar-refractivity contribution in [2.45, 2.75) is 47.1 Å². The number of amides is 1. The normalized spacial score (nSPS) is 13.3. The summed E-state index contributed by atoms with van der Waals surface area (Å²) in [6, 6.07) is 0.269. The van der Waals surface area contributed by atoms with Crippen LogP contribution >= 0.6 is 0 Å². The van der Waals surface area contributed by atoms with E-state index in [1.165, 1.54) is 0 Å². The Morgan fingerprint density at radius 3 is 2.07 bits per heavy atom. The van der Waals surface area contributed by atoms with Gasteiger partial charge in [0, 0.05) is 18.5 Å². The van der Waals surface area contributed by atoms with Crippen molar-refractivity contribution in [3.8, 4) is 0 Å². The largest absolute Gasteiger partial charge is 0.340 e. The number of carbonyl (C=O) groups is 1. The molecule has 3 heteroatoms. The molecular weight excluding hydrogens is 188 g/mol. The van der Waals surface area contributed by atoms with E-state index < -0.39 is 0 Å². The molecule has 0 saturated heterocycles. The van der Waals surface area contributed by atoms with Crippen molar-refractivity contribution < 1.29 is 4.79 Å². The van der Waals surface area contributed by atoms with Crippen LogP contribution in [0.25, 0.3) is 0 Å². The minimum absolute atomic E-state index is 0.102. The van der Waals surface area contributed by atoms with Gasteiger partial charge in [-0.3, -0.25) is 4.79 Å². The van der Waals surface area contributed by atoms with Crippen LogP contribution in [0.2, 0.25) is 0 Å². The third-order valence-corrected chi connectivity index (χ3v) is 2.90. The number of hydrogen-bond donors (Lipinski definition) is 1. The topological polar surface area (TPSA) is 46.3 Å². The van der Waals surface area contributed by atoms with Crippen molar-refractivity contribution in [3.05, 3.63) is 0 Å². The number of rotatable bonds is 6. The summed E-state index contributed by atoms with van der Waals surface area (Å²) < 4.78 is 0. The zero-order valence-electron chi connectivity index (χ0n) is 10.8. The molecule has 0 rings (SSSR count). The Morgan fingerprint density at radius 1 is 1.20 bits per heavy atom. The fourth-order valence-electron chi connectivity index (χ4n) is 1.43. The van der Waals surface area contributed by atoms with E-state index in [-0.39, 0.29) is 17.9 Å². The summed E-state index contributed by atoms with van der Waals surface area (Å²) in [4.78, 5) is 14.1. The molecule has 0 aromatic rings. The smallest absolute Gasteiger partial charge is 0.225 e. The lowest BCUT2D eigenvalue weighted by Gasteiger charge is -2.30. The second kappa shape index (κ2) is 6.83. The molecule has 0 heterocycles. The van der Waals surface area contributed by atoms with Gasteiger partial charge in [0.25, 0.3) is 0 Å². The average Bonchev–Trinajstić information content (AvgIpc) is 2.16. The molecule has 15 heavy (non-hydrogen) atoms. The first-order valence-electron chi connectivity index (χ1n) is 5.92. The second-order valence-corrected chi connectivity index (χ2v) is 4.80. The SMILES string of the molecule is CC(C)C(C)C(=O)N(CCCN)C(C)C. The molecule has 0 radical (unpaired) electrons. The van der Waals surface area contributed by atoms with Crippen molar-refractivity contribution in [3.63, 3.8) is 0 Å². The standard InChI is InChI=1S/C12H26N2O/c1-9(2)11(5)12(15)14(10(3)4)8-6-7-13/h9-11H,6-8,13H2,1-5H3. The van der Waals surface area contributed by atoms with Gasteiger partial charge in [0.2, 0.25) is 5.91 Å². The number of nitrogens with two attached hydrogens (primary N) is 1. The summed E-state index contributed by atoms with van der Waals surface area (Å²) in [5.74, 6) is 0.759. The minimum Gasteiger partial charge on any atom is -0.340 e. The number of hydrogen-bond acceptors (Lipinski definition) is 2. The van der Waals surface area contributed by atoms with Crippen LogP contribution in [-0.2, 0) is 4.79 Å². The highest BCUT2D eigenvalue weighted by Crippen LogP contribution is 2.15. The van der Waals surface area contributed by atoms with Crippen molar-refractivity contribution in [2.24, 2.45) is 17.6 Å². The van der Waals surface area contributed by atoms with Crippen LogP contribution in [-0.4, -0.2) is 29.9 Å². The molecule has 0 spiro atoms. The first-order valence-corrected chi connectivity index (χ1v) is 5.92. The van der Waals surface area contributed by atoms with Crippen LogP contribution in [0.3, 0.4) is 0 Å². The highest BCUT2D eigenvalue weighted by molar-refractivity contribution is 5.79. The van der Waals surface area contributed by atoms with Crippen molar-refractivity contribution in [2.75, 3.05) is 13.1 Å². The summed E-state index contributed by atoms with van der Waals surface area (Å²) in [5.41, 5.74) is 5.48. The number of carbonyl (C=O) groups excluding carboxylic acids is 1. The Labute approximate surface area is 94.0 Å². The Bertz CT molecular complexity index is 190. The Balaban J connectivity index is 4.41. The molecular formula is C12H26N2O. The third-order valence-electron chi connectivity index (χ3n) is 2.90. The Hall–Kier alpha value is -0.570. The molecule has 0 fully saturated rings. The Kier molecular flexibility index (Phi) is 6.57. The summed E-state index contributed by atoms with van der Waals surface area (Å²) in [7, 11) is 0. The molecule has 2 N–H and O–H groups in total. The molecule has 0 aromatic carbocycles. The highest BCUT2D eigenvalue weighted by Gasteiger charge is 2.24. The molecule has 3 nitrogen and oxygen atoms in total. The van der Waals surface area contributed by atoms with E-state index >= 15 is 0 Å². The van der Waals surface area contributed by atoms with Crippen molar-refractivity contribution in [1.82, 2.24) is 4.90 Å². The molecule has 0 aliphatic carbocycles. The zero-order chi connectivity index (χ0) is 12.0. The summed E-state index contributed by atoms with van der Waals surface area (Å²) in [6.45, 7) is 11.7. The molecule has 1 atom stereocenters. The molecule has 1 amide bonds. The molecule has 90 valence electrons. The fourth-order valence-corrected chi connectivity index (χ4v) is 1.43. The summed E-state index contributed by atoms with van der Waals surface area (Å²) in [5, 5.41) is 0. The van der Waals surface area contributed by atoms with E-state index in [9.17, 15) is 4.79 Å². The monoisotopic (exact) mass is 214 g/mol. The first kappa shape index (κ1) is 14.4. The minimum atomic E-state index is 0.102. The lowest BCUT2D eigenvalue weighted by atomic mass is 9.96. The van der Waals surface area contributed by atoms with Crippen LogP contribution in [0.1, 0.15) is 41.0 Å². The van der Waals surface area contributed by atoms with Gasteiger partial charge in [-0.1, -0.05) is 20.8 Å². The molecule has 0 aromatic heterocycles. The molecule has 0 bridgehead atoms. The number of nitrogens with zero attached hydrogens (tertiary/aromatic N) is 1. The van der Waals surface area contributed by atoms with Crippen LogP contribution in [0.5, 0.6) is 0 Å². The van der Waals surface area contributed by atoms with Crippen LogP contribution < -0.4 is 5.73 Å². The maximum Gasteiger partial charge on any atom is 0.225 e. The van der Waals surface area contributed by atoms with Gasteiger partial charge in [-0.25, -0.2) is 0 Å². The van der Waals surface area contributed by atoms with Gasteiger partial charge in [0.15, 0.2) is 0 Å². The van der Waals surface area contributed by atoms with Gasteiger partial charge < -0.3 is 10.6 Å². The molecule has 0 aliphatic rings. The maximum atomic E-state index is 12.1. The van der Waals surface area contributed by atoms with Gasteiger partial charge in [0.05, 0.1) is 0 Å². The summed E-state index contributed by atoms with van der Waals surface area (Å²) in [6.07, 6.45) is 0.884. The summed E-state index contributed by atoms with van der Waals surface area (Å²) >= 11 is 0. The lowest BCUT2D eigenvalue weighted by Crippen LogP contribution is -2.42. The fraction of sp³-hybridized carbons (Fsp3) is 0.917. The van der Waals surface area contributed by atoms with E-state index in [0.717, 1.165) is 13.0 Å². The highest BCUT2D eigenvalue weighted by atomic mass is 16.2. The van der Waals surface area contributed by atoms with Crippen molar-refractivity contribution >= 4 is 5.91 Å². The van der Waals surface area contributed by atoms with Crippen molar-refractivity contribution in [1.29, 1.82) is 0 Å². The van der Waals surface area contributed by atoms with Gasteiger partial charge in [-0.2, -0.15) is 0 Å².